The SMILES string of the molecule is CSc1nc(=S)[nH]c(C)c1C(C)=O. The van der Waals surface area contributed by atoms with Gasteiger partial charge in [0.25, 0.3) is 0 Å². The smallest absolute Gasteiger partial charge is 0.198 e. The summed E-state index contributed by atoms with van der Waals surface area (Å²) in [4.78, 5) is 18.2. The molecule has 70 valence electrons. The monoisotopic (exact) mass is 214 g/mol. The van der Waals surface area contributed by atoms with Crippen LogP contribution in [0.3, 0.4) is 0 Å². The third-order valence-corrected chi connectivity index (χ3v) is 2.51. The Hall–Kier alpha value is -0.680. The molecule has 0 aromatic carbocycles. The first-order chi connectivity index (χ1) is 6.06. The van der Waals surface area contributed by atoms with Crippen LogP contribution in [0.15, 0.2) is 5.03 Å². The van der Waals surface area contributed by atoms with Gasteiger partial charge in [0, 0.05) is 5.69 Å². The number of hydrogen-bond donors (Lipinski definition) is 1. The fourth-order valence-corrected chi connectivity index (χ4v) is 2.11. The Kier molecular flexibility index (Phi) is 3.22. The Bertz CT molecular complexity index is 398. The van der Waals surface area contributed by atoms with E-state index in [1.807, 2.05) is 13.2 Å². The average Bonchev–Trinajstić information content (AvgIpc) is 2.01. The fourth-order valence-electron chi connectivity index (χ4n) is 1.12. The number of carbonyl (C=O) groups excluding carboxylic acids is 1. The maximum Gasteiger partial charge on any atom is 0.198 e. The van der Waals surface area contributed by atoms with Crippen molar-refractivity contribution in [2.45, 2.75) is 18.9 Å². The van der Waals surface area contributed by atoms with Gasteiger partial charge in [0.1, 0.15) is 5.03 Å². The van der Waals surface area contributed by atoms with Gasteiger partial charge in [-0.05, 0) is 32.3 Å². The van der Waals surface area contributed by atoms with Crippen LogP contribution in [0.2, 0.25) is 0 Å². The molecule has 1 rings (SSSR count). The van der Waals surface area contributed by atoms with Gasteiger partial charge in [-0.25, -0.2) is 4.98 Å². The highest BCUT2D eigenvalue weighted by Gasteiger charge is 2.11. The minimum atomic E-state index is 0.0144. The van der Waals surface area contributed by atoms with Crippen molar-refractivity contribution in [1.82, 2.24) is 9.97 Å². The van der Waals surface area contributed by atoms with Gasteiger partial charge in [-0.15, -0.1) is 11.8 Å². The average molecular weight is 214 g/mol. The van der Waals surface area contributed by atoms with Crippen molar-refractivity contribution in [3.8, 4) is 0 Å². The Balaban J connectivity index is 3.47. The summed E-state index contributed by atoms with van der Waals surface area (Å²) in [5.74, 6) is 0.0144. The number of nitrogens with one attached hydrogen (secondary N) is 1. The van der Waals surface area contributed by atoms with Crippen molar-refractivity contribution >= 4 is 29.8 Å². The van der Waals surface area contributed by atoms with Crippen LogP contribution in [0.5, 0.6) is 0 Å². The zero-order valence-corrected chi connectivity index (χ0v) is 9.30. The molecule has 0 aliphatic carbocycles. The summed E-state index contributed by atoms with van der Waals surface area (Å²) in [6.07, 6.45) is 1.88. The third kappa shape index (κ3) is 2.16. The van der Waals surface area contributed by atoms with Crippen LogP contribution >= 0.6 is 24.0 Å². The van der Waals surface area contributed by atoms with Gasteiger partial charge in [-0.1, -0.05) is 0 Å². The maximum absolute atomic E-state index is 11.2. The van der Waals surface area contributed by atoms with Crippen LogP contribution < -0.4 is 0 Å². The van der Waals surface area contributed by atoms with Crippen molar-refractivity contribution in [3.63, 3.8) is 0 Å². The van der Waals surface area contributed by atoms with Crippen LogP contribution in [-0.2, 0) is 0 Å². The Labute approximate surface area is 86.0 Å². The number of Topliss-reactive ketones (excluding diaryl/α,β-unsaturated/α-hetero) is 1. The molecule has 0 aliphatic rings. The van der Waals surface area contributed by atoms with E-state index >= 15 is 0 Å². The lowest BCUT2D eigenvalue weighted by molar-refractivity contribution is 0.101. The molecule has 13 heavy (non-hydrogen) atoms. The summed E-state index contributed by atoms with van der Waals surface area (Å²) in [7, 11) is 0. The number of hydrogen-bond acceptors (Lipinski definition) is 4. The first kappa shape index (κ1) is 10.4. The third-order valence-electron chi connectivity index (χ3n) is 1.63. The van der Waals surface area contributed by atoms with E-state index in [1.165, 1.54) is 18.7 Å². The molecule has 0 radical (unpaired) electrons. The Morgan fingerprint density at radius 1 is 1.62 bits per heavy atom. The topological polar surface area (TPSA) is 45.8 Å². The fraction of sp³-hybridized carbons (Fsp3) is 0.375. The van der Waals surface area contributed by atoms with Crippen molar-refractivity contribution in [1.29, 1.82) is 0 Å². The second kappa shape index (κ2) is 4.02. The lowest BCUT2D eigenvalue weighted by Crippen LogP contribution is -2.04. The molecule has 0 amide bonds. The van der Waals surface area contributed by atoms with Gasteiger partial charge in [0.05, 0.1) is 5.56 Å². The molecule has 0 saturated carbocycles. The van der Waals surface area contributed by atoms with E-state index in [0.717, 1.165) is 5.69 Å². The highest BCUT2D eigenvalue weighted by molar-refractivity contribution is 7.98. The van der Waals surface area contributed by atoms with E-state index in [9.17, 15) is 4.79 Å². The predicted octanol–water partition coefficient (Wildman–Crippen LogP) is 2.37. The van der Waals surface area contributed by atoms with Gasteiger partial charge in [0.2, 0.25) is 0 Å². The molecule has 1 aromatic heterocycles. The van der Waals surface area contributed by atoms with Crippen molar-refractivity contribution < 1.29 is 4.79 Å². The van der Waals surface area contributed by atoms with Crippen LogP contribution in [0.4, 0.5) is 0 Å². The Morgan fingerprint density at radius 3 is 2.69 bits per heavy atom. The molecule has 0 bridgehead atoms. The lowest BCUT2D eigenvalue weighted by Gasteiger charge is -2.05. The first-order valence-corrected chi connectivity index (χ1v) is 5.35. The summed E-state index contributed by atoms with van der Waals surface area (Å²) in [5.41, 5.74) is 1.43. The van der Waals surface area contributed by atoms with Gasteiger partial charge >= 0.3 is 0 Å². The van der Waals surface area contributed by atoms with Gasteiger partial charge in [-0.2, -0.15) is 0 Å². The number of aryl methyl sites for hydroxylation is 1. The standard InChI is InChI=1S/C8H10N2OS2/c1-4-6(5(2)11)7(13-3)10-8(12)9-4/h1-3H3,(H,9,10,12). The van der Waals surface area contributed by atoms with Gasteiger partial charge < -0.3 is 4.98 Å². The summed E-state index contributed by atoms with van der Waals surface area (Å²) >= 11 is 6.34. The number of aromatic amines is 1. The molecule has 1 heterocycles. The summed E-state index contributed by atoms with van der Waals surface area (Å²) < 4.78 is 0.423. The highest BCUT2D eigenvalue weighted by Crippen LogP contribution is 2.19. The number of rotatable bonds is 2. The van der Waals surface area contributed by atoms with E-state index in [0.29, 0.717) is 15.4 Å². The minimum Gasteiger partial charge on any atom is -0.334 e. The maximum atomic E-state index is 11.2. The molecule has 1 N–H and O–H groups in total. The summed E-state index contributed by atoms with van der Waals surface area (Å²) in [6, 6.07) is 0. The number of ketones is 1. The molecule has 0 fully saturated rings. The molecular formula is C8H10N2OS2. The van der Waals surface area contributed by atoms with Crippen molar-refractivity contribution in [2.24, 2.45) is 0 Å². The molecule has 0 unspecified atom stereocenters. The van der Waals surface area contributed by atoms with Gasteiger partial charge in [0.15, 0.2) is 10.6 Å². The van der Waals surface area contributed by atoms with E-state index in [1.54, 1.807) is 0 Å². The van der Waals surface area contributed by atoms with Crippen LogP contribution in [0.1, 0.15) is 23.0 Å². The highest BCUT2D eigenvalue weighted by atomic mass is 32.2. The summed E-state index contributed by atoms with van der Waals surface area (Å²) in [6.45, 7) is 3.36. The van der Waals surface area contributed by atoms with Crippen LogP contribution in [0.25, 0.3) is 0 Å². The molecule has 0 aliphatic heterocycles. The number of H-pyrrole nitrogens is 1. The molecule has 0 atom stereocenters. The largest absolute Gasteiger partial charge is 0.334 e. The van der Waals surface area contributed by atoms with Crippen molar-refractivity contribution in [2.75, 3.05) is 6.26 Å². The normalized spacial score (nSPS) is 10.1. The molecule has 0 saturated heterocycles. The molecule has 0 spiro atoms. The van der Waals surface area contributed by atoms with Crippen LogP contribution in [0, 0.1) is 11.7 Å². The second-order valence-corrected chi connectivity index (χ2v) is 3.79. The number of thioether (sulfide) groups is 1. The first-order valence-electron chi connectivity index (χ1n) is 3.72. The number of aromatic nitrogens is 2. The number of nitrogens with zero attached hydrogens (tertiary/aromatic N) is 1. The van der Waals surface area contributed by atoms with Crippen LogP contribution in [-0.4, -0.2) is 22.0 Å². The zero-order valence-electron chi connectivity index (χ0n) is 7.67. The molecular weight excluding hydrogens is 204 g/mol. The van der Waals surface area contributed by atoms with Gasteiger partial charge in [-0.3, -0.25) is 4.79 Å². The minimum absolute atomic E-state index is 0.0144. The lowest BCUT2D eigenvalue weighted by atomic mass is 10.2. The van der Waals surface area contributed by atoms with E-state index in [2.05, 4.69) is 9.97 Å². The van der Waals surface area contributed by atoms with E-state index < -0.39 is 0 Å². The molecule has 1 aromatic rings. The van der Waals surface area contributed by atoms with Crippen molar-refractivity contribution in [3.05, 3.63) is 16.0 Å². The summed E-state index contributed by atoms with van der Waals surface area (Å²) in [5, 5.41) is 0.703. The molecule has 5 heteroatoms. The number of carbonyl (C=O) groups is 1. The molecule has 3 nitrogen and oxygen atoms in total. The Morgan fingerprint density at radius 2 is 2.23 bits per heavy atom. The predicted molar refractivity (Wildman–Crippen MR) is 55.9 cm³/mol. The van der Waals surface area contributed by atoms with E-state index in [4.69, 9.17) is 12.2 Å². The van der Waals surface area contributed by atoms with E-state index in [-0.39, 0.29) is 5.78 Å². The quantitative estimate of drug-likeness (QED) is 0.355. The zero-order chi connectivity index (χ0) is 10.0. The second-order valence-electron chi connectivity index (χ2n) is 2.61.